The standard InChI is InChI=1S/C27H29F4N5O6/c1-3-19-33-24-21(26(41)36(19)12-18(38)15-4-6-16(28)7-5-15)23(42-14-27(29,30)31)22(34(24)2)25(40)32-17-8-10-35(11-9-17)20(39)13-37/h4-7,17,37H,3,8-14H2,1-2H3,(H,32,40). The summed E-state index contributed by atoms with van der Waals surface area (Å²) in [5, 5.41) is 11.4. The third kappa shape index (κ3) is 6.45. The summed E-state index contributed by atoms with van der Waals surface area (Å²) in [7, 11) is 1.36. The van der Waals surface area contributed by atoms with E-state index < -0.39 is 72.1 Å². The Kier molecular flexibility index (Phi) is 8.99. The topological polar surface area (TPSA) is 136 Å². The van der Waals surface area contributed by atoms with Crippen LogP contribution in [0.3, 0.4) is 0 Å². The Labute approximate surface area is 236 Å². The monoisotopic (exact) mass is 595 g/mol. The summed E-state index contributed by atoms with van der Waals surface area (Å²) in [5.74, 6) is -2.89. The molecular weight excluding hydrogens is 566 g/mol. The molecule has 226 valence electrons. The molecule has 15 heteroatoms. The molecule has 0 unspecified atom stereocenters. The minimum atomic E-state index is -4.80. The molecule has 0 saturated carbocycles. The summed E-state index contributed by atoms with van der Waals surface area (Å²) in [5.41, 5.74) is -1.24. The summed E-state index contributed by atoms with van der Waals surface area (Å²) >= 11 is 0. The molecule has 4 rings (SSSR count). The van der Waals surface area contributed by atoms with Gasteiger partial charge < -0.3 is 24.6 Å². The first-order valence-corrected chi connectivity index (χ1v) is 13.1. The Morgan fingerprint density at radius 3 is 2.36 bits per heavy atom. The molecule has 2 aromatic heterocycles. The van der Waals surface area contributed by atoms with Crippen LogP contribution in [-0.2, 0) is 24.8 Å². The second kappa shape index (κ2) is 12.3. The first-order valence-electron chi connectivity index (χ1n) is 13.1. The number of aliphatic hydroxyl groups is 1. The average molecular weight is 596 g/mol. The van der Waals surface area contributed by atoms with Crippen LogP contribution in [0, 0.1) is 5.82 Å². The second-order valence-electron chi connectivity index (χ2n) is 9.83. The number of fused-ring (bicyclic) bond motifs is 1. The van der Waals surface area contributed by atoms with Crippen LogP contribution in [0.4, 0.5) is 17.6 Å². The number of carbonyl (C=O) groups is 3. The van der Waals surface area contributed by atoms with Gasteiger partial charge in [0, 0.05) is 38.2 Å². The van der Waals surface area contributed by atoms with E-state index in [4.69, 9.17) is 9.84 Å². The highest BCUT2D eigenvalue weighted by Crippen LogP contribution is 2.32. The smallest absolute Gasteiger partial charge is 0.422 e. The Morgan fingerprint density at radius 1 is 1.14 bits per heavy atom. The van der Waals surface area contributed by atoms with E-state index in [1.807, 2.05) is 0 Å². The van der Waals surface area contributed by atoms with Gasteiger partial charge in [0.2, 0.25) is 5.91 Å². The van der Waals surface area contributed by atoms with Crippen LogP contribution in [0.15, 0.2) is 29.1 Å². The zero-order valence-electron chi connectivity index (χ0n) is 22.8. The summed E-state index contributed by atoms with van der Waals surface area (Å²) in [6, 6.07) is 4.20. The molecule has 2 N–H and O–H groups in total. The normalized spacial score (nSPS) is 14.3. The molecule has 1 aromatic carbocycles. The number of piperidine rings is 1. The fourth-order valence-corrected chi connectivity index (χ4v) is 4.88. The van der Waals surface area contributed by atoms with Crippen molar-refractivity contribution in [1.82, 2.24) is 24.3 Å². The van der Waals surface area contributed by atoms with Crippen molar-refractivity contribution in [3.05, 3.63) is 57.5 Å². The number of halogens is 4. The molecule has 2 amide bonds. The van der Waals surface area contributed by atoms with Crippen LogP contribution < -0.4 is 15.6 Å². The number of aromatic nitrogens is 3. The molecule has 1 aliphatic rings. The molecule has 0 bridgehead atoms. The number of alkyl halides is 3. The number of nitrogens with one attached hydrogen (secondary N) is 1. The van der Waals surface area contributed by atoms with Gasteiger partial charge in [0.25, 0.3) is 11.5 Å². The van der Waals surface area contributed by atoms with Crippen molar-refractivity contribution in [2.24, 2.45) is 7.05 Å². The number of benzene rings is 1. The van der Waals surface area contributed by atoms with Crippen molar-refractivity contribution in [2.45, 2.75) is 44.9 Å². The SMILES string of the molecule is CCc1nc2c(c(OCC(F)(F)F)c(C(=O)NC3CCN(C(=O)CO)CC3)n2C)c(=O)n1CC(=O)c1ccc(F)cc1. The highest BCUT2D eigenvalue weighted by atomic mass is 19.4. The maximum absolute atomic E-state index is 13.7. The fourth-order valence-electron chi connectivity index (χ4n) is 4.88. The van der Waals surface area contributed by atoms with Gasteiger partial charge in [0.15, 0.2) is 29.5 Å². The van der Waals surface area contributed by atoms with Crippen LogP contribution >= 0.6 is 0 Å². The van der Waals surface area contributed by atoms with E-state index in [-0.39, 0.29) is 42.2 Å². The number of nitrogens with zero attached hydrogens (tertiary/aromatic N) is 4. The molecule has 0 radical (unpaired) electrons. The minimum absolute atomic E-state index is 0.104. The van der Waals surface area contributed by atoms with Crippen molar-refractivity contribution in [1.29, 1.82) is 0 Å². The van der Waals surface area contributed by atoms with Gasteiger partial charge in [-0.3, -0.25) is 23.7 Å². The van der Waals surface area contributed by atoms with E-state index in [0.717, 1.165) is 16.7 Å². The van der Waals surface area contributed by atoms with Crippen LogP contribution in [0.1, 0.15) is 46.4 Å². The van der Waals surface area contributed by atoms with Crippen molar-refractivity contribution < 1.29 is 41.8 Å². The predicted octanol–water partition coefficient (Wildman–Crippen LogP) is 1.97. The minimum Gasteiger partial charge on any atom is -0.481 e. The van der Waals surface area contributed by atoms with Gasteiger partial charge in [-0.15, -0.1) is 0 Å². The number of ether oxygens (including phenoxy) is 1. The van der Waals surface area contributed by atoms with E-state index >= 15 is 0 Å². The lowest BCUT2D eigenvalue weighted by molar-refractivity contribution is -0.153. The molecule has 42 heavy (non-hydrogen) atoms. The van der Waals surface area contributed by atoms with Crippen molar-refractivity contribution in [3.8, 4) is 5.75 Å². The number of carbonyl (C=O) groups excluding carboxylic acids is 3. The maximum Gasteiger partial charge on any atom is 0.422 e. The lowest BCUT2D eigenvalue weighted by Gasteiger charge is -2.32. The lowest BCUT2D eigenvalue weighted by Crippen LogP contribution is -2.47. The van der Waals surface area contributed by atoms with E-state index in [1.165, 1.54) is 28.6 Å². The van der Waals surface area contributed by atoms with Gasteiger partial charge in [0.1, 0.15) is 23.6 Å². The molecule has 0 aliphatic carbocycles. The zero-order chi connectivity index (χ0) is 30.8. The molecule has 3 heterocycles. The lowest BCUT2D eigenvalue weighted by atomic mass is 10.0. The van der Waals surface area contributed by atoms with Crippen LogP contribution in [-0.4, -0.2) is 80.2 Å². The van der Waals surface area contributed by atoms with Crippen LogP contribution in [0.2, 0.25) is 0 Å². The van der Waals surface area contributed by atoms with E-state index in [2.05, 4.69) is 10.3 Å². The van der Waals surface area contributed by atoms with E-state index in [1.54, 1.807) is 6.92 Å². The highest BCUT2D eigenvalue weighted by molar-refractivity contribution is 6.03. The molecule has 1 aliphatic heterocycles. The number of hydrogen-bond donors (Lipinski definition) is 2. The summed E-state index contributed by atoms with van der Waals surface area (Å²) in [6.07, 6.45) is -3.97. The molecule has 0 atom stereocenters. The molecule has 11 nitrogen and oxygen atoms in total. The molecule has 3 aromatic rings. The number of hydrogen-bond acceptors (Lipinski definition) is 7. The Bertz CT molecular complexity index is 1560. The number of likely N-dealkylation sites (tertiary alicyclic amines) is 1. The average Bonchev–Trinajstić information content (AvgIpc) is 3.24. The zero-order valence-corrected chi connectivity index (χ0v) is 22.8. The van der Waals surface area contributed by atoms with Crippen molar-refractivity contribution in [3.63, 3.8) is 0 Å². The van der Waals surface area contributed by atoms with E-state index in [0.29, 0.717) is 12.8 Å². The van der Waals surface area contributed by atoms with Gasteiger partial charge >= 0.3 is 6.18 Å². The summed E-state index contributed by atoms with van der Waals surface area (Å²) < 4.78 is 60.2. The summed E-state index contributed by atoms with van der Waals surface area (Å²) in [4.78, 5) is 57.6. The van der Waals surface area contributed by atoms with Gasteiger partial charge in [-0.05, 0) is 37.1 Å². The highest BCUT2D eigenvalue weighted by Gasteiger charge is 2.34. The van der Waals surface area contributed by atoms with Gasteiger partial charge in [0.05, 0.1) is 6.54 Å². The second-order valence-corrected chi connectivity index (χ2v) is 9.83. The largest absolute Gasteiger partial charge is 0.481 e. The number of ketones is 1. The Hall–Kier alpha value is -4.27. The third-order valence-electron chi connectivity index (χ3n) is 7.02. The number of Topliss-reactive ketones (excluding diaryl/α,β-unsaturated/α-hetero) is 1. The van der Waals surface area contributed by atoms with Crippen LogP contribution in [0.5, 0.6) is 5.75 Å². The predicted molar refractivity (Wildman–Crippen MR) is 141 cm³/mol. The summed E-state index contributed by atoms with van der Waals surface area (Å²) in [6.45, 7) is -0.796. The first-order chi connectivity index (χ1) is 19.8. The van der Waals surface area contributed by atoms with E-state index in [9.17, 15) is 36.7 Å². The molecule has 1 fully saturated rings. The fraction of sp³-hybridized carbons (Fsp3) is 0.444. The first kappa shape index (κ1) is 30.7. The van der Waals surface area contributed by atoms with Crippen molar-refractivity contribution >= 4 is 28.6 Å². The maximum atomic E-state index is 13.7. The number of rotatable bonds is 9. The number of amides is 2. The van der Waals surface area contributed by atoms with Gasteiger partial charge in [-0.1, -0.05) is 6.92 Å². The quantitative estimate of drug-likeness (QED) is 0.285. The van der Waals surface area contributed by atoms with Gasteiger partial charge in [-0.2, -0.15) is 13.2 Å². The third-order valence-corrected chi connectivity index (χ3v) is 7.02. The molecule has 0 spiro atoms. The molecular formula is C27H29F4N5O6. The Balaban J connectivity index is 1.74. The molecule has 1 saturated heterocycles. The number of aryl methyl sites for hydroxylation is 2. The number of aliphatic hydroxyl groups excluding tert-OH is 1. The Morgan fingerprint density at radius 2 is 1.79 bits per heavy atom. The van der Waals surface area contributed by atoms with Crippen LogP contribution in [0.25, 0.3) is 11.0 Å². The van der Waals surface area contributed by atoms with Crippen molar-refractivity contribution in [2.75, 3.05) is 26.3 Å². The van der Waals surface area contributed by atoms with Gasteiger partial charge in [-0.25, -0.2) is 9.37 Å².